The first kappa shape index (κ1) is 15.0. The second-order valence-electron chi connectivity index (χ2n) is 3.76. The Labute approximate surface area is 113 Å². The standard InChI is InChI=1S/C12H14BrF2NO2/c1-18-7-9(6-13)16-11(17)5-8-3-2-4-10(14)12(8)15/h2-4,9H,5-7H2,1H3,(H,16,17). The zero-order valence-electron chi connectivity index (χ0n) is 9.88. The van der Waals surface area contributed by atoms with E-state index in [1.165, 1.54) is 19.2 Å². The molecule has 0 aliphatic heterocycles. The van der Waals surface area contributed by atoms with Crippen LogP contribution in [0, 0.1) is 11.6 Å². The molecular weight excluding hydrogens is 308 g/mol. The van der Waals surface area contributed by atoms with E-state index in [9.17, 15) is 13.6 Å². The number of halogens is 3. The third kappa shape index (κ3) is 4.34. The van der Waals surface area contributed by atoms with E-state index in [0.717, 1.165) is 6.07 Å². The molecule has 0 aliphatic rings. The predicted octanol–water partition coefficient (Wildman–Crippen LogP) is 2.03. The van der Waals surface area contributed by atoms with Gasteiger partial charge in [-0.05, 0) is 6.07 Å². The molecule has 0 bridgehead atoms. The van der Waals surface area contributed by atoms with Crippen LogP contribution in [-0.4, -0.2) is 31.0 Å². The van der Waals surface area contributed by atoms with Crippen LogP contribution in [0.1, 0.15) is 5.56 Å². The fraction of sp³-hybridized carbons (Fsp3) is 0.417. The maximum Gasteiger partial charge on any atom is 0.224 e. The molecule has 0 spiro atoms. The van der Waals surface area contributed by atoms with Crippen LogP contribution in [-0.2, 0) is 16.0 Å². The minimum Gasteiger partial charge on any atom is -0.383 e. The Balaban J connectivity index is 2.61. The number of amides is 1. The van der Waals surface area contributed by atoms with Crippen molar-refractivity contribution in [1.82, 2.24) is 5.32 Å². The van der Waals surface area contributed by atoms with E-state index in [1.54, 1.807) is 0 Å². The van der Waals surface area contributed by atoms with Gasteiger partial charge in [-0.15, -0.1) is 0 Å². The summed E-state index contributed by atoms with van der Waals surface area (Å²) in [6, 6.07) is 3.58. The van der Waals surface area contributed by atoms with Crippen molar-refractivity contribution in [3.8, 4) is 0 Å². The van der Waals surface area contributed by atoms with Gasteiger partial charge in [0.1, 0.15) is 0 Å². The molecule has 0 radical (unpaired) electrons. The van der Waals surface area contributed by atoms with Crippen LogP contribution in [0.2, 0.25) is 0 Å². The first-order valence-electron chi connectivity index (χ1n) is 5.35. The molecule has 0 fully saturated rings. The van der Waals surface area contributed by atoms with Gasteiger partial charge in [-0.2, -0.15) is 0 Å². The van der Waals surface area contributed by atoms with Crippen LogP contribution in [0.5, 0.6) is 0 Å². The Morgan fingerprint density at radius 2 is 2.22 bits per heavy atom. The molecule has 1 unspecified atom stereocenters. The number of carbonyl (C=O) groups excluding carboxylic acids is 1. The second-order valence-corrected chi connectivity index (χ2v) is 4.41. The van der Waals surface area contributed by atoms with Crippen LogP contribution in [0.3, 0.4) is 0 Å². The number of hydrogen-bond donors (Lipinski definition) is 1. The Morgan fingerprint density at radius 3 is 2.83 bits per heavy atom. The summed E-state index contributed by atoms with van der Waals surface area (Å²) in [5, 5.41) is 3.19. The Bertz CT molecular complexity index is 415. The number of carbonyl (C=O) groups is 1. The largest absolute Gasteiger partial charge is 0.383 e. The summed E-state index contributed by atoms with van der Waals surface area (Å²) in [5.74, 6) is -2.30. The van der Waals surface area contributed by atoms with Gasteiger partial charge in [-0.3, -0.25) is 4.79 Å². The second kappa shape index (κ2) is 7.43. The van der Waals surface area contributed by atoms with Crippen molar-refractivity contribution in [2.24, 2.45) is 0 Å². The average molecular weight is 322 g/mol. The fourth-order valence-electron chi connectivity index (χ4n) is 1.46. The van der Waals surface area contributed by atoms with Crippen LogP contribution < -0.4 is 5.32 Å². The molecule has 0 aromatic heterocycles. The number of rotatable bonds is 6. The maximum absolute atomic E-state index is 13.3. The third-order valence-electron chi connectivity index (χ3n) is 2.30. The number of ether oxygens (including phenoxy) is 1. The lowest BCUT2D eigenvalue weighted by molar-refractivity contribution is -0.121. The average Bonchev–Trinajstić information content (AvgIpc) is 2.34. The zero-order chi connectivity index (χ0) is 13.5. The highest BCUT2D eigenvalue weighted by Gasteiger charge is 2.14. The molecule has 1 atom stereocenters. The van der Waals surface area contributed by atoms with E-state index in [0.29, 0.717) is 11.9 Å². The Kier molecular flexibility index (Phi) is 6.21. The van der Waals surface area contributed by atoms with E-state index in [1.807, 2.05) is 0 Å². The van der Waals surface area contributed by atoms with Gasteiger partial charge < -0.3 is 10.1 Å². The SMILES string of the molecule is COCC(CBr)NC(=O)Cc1cccc(F)c1F. The van der Waals surface area contributed by atoms with Gasteiger partial charge in [0, 0.05) is 18.0 Å². The van der Waals surface area contributed by atoms with Crippen LogP contribution in [0.15, 0.2) is 18.2 Å². The third-order valence-corrected chi connectivity index (χ3v) is 3.08. The van der Waals surface area contributed by atoms with Crippen molar-refractivity contribution in [2.45, 2.75) is 12.5 Å². The van der Waals surface area contributed by atoms with Gasteiger partial charge in [0.2, 0.25) is 5.91 Å². The van der Waals surface area contributed by atoms with Crippen LogP contribution >= 0.6 is 15.9 Å². The lowest BCUT2D eigenvalue weighted by Gasteiger charge is -2.15. The van der Waals surface area contributed by atoms with Crippen molar-refractivity contribution >= 4 is 21.8 Å². The molecule has 6 heteroatoms. The minimum absolute atomic E-state index is 0.0400. The molecule has 0 aliphatic carbocycles. The normalized spacial score (nSPS) is 12.2. The Morgan fingerprint density at radius 1 is 1.50 bits per heavy atom. The fourth-order valence-corrected chi connectivity index (χ4v) is 1.81. The monoisotopic (exact) mass is 321 g/mol. The lowest BCUT2D eigenvalue weighted by Crippen LogP contribution is -2.40. The molecule has 18 heavy (non-hydrogen) atoms. The first-order chi connectivity index (χ1) is 8.58. The first-order valence-corrected chi connectivity index (χ1v) is 6.47. The molecule has 1 rings (SSSR count). The van der Waals surface area contributed by atoms with Gasteiger partial charge in [-0.1, -0.05) is 28.1 Å². The molecule has 1 aromatic carbocycles. The zero-order valence-corrected chi connectivity index (χ0v) is 11.5. The van der Waals surface area contributed by atoms with E-state index in [2.05, 4.69) is 21.2 Å². The summed E-state index contributed by atoms with van der Waals surface area (Å²) in [6.45, 7) is 0.350. The van der Waals surface area contributed by atoms with Crippen LogP contribution in [0.4, 0.5) is 8.78 Å². The smallest absolute Gasteiger partial charge is 0.224 e. The van der Waals surface area contributed by atoms with Gasteiger partial charge in [0.25, 0.3) is 0 Å². The van der Waals surface area contributed by atoms with Crippen LogP contribution in [0.25, 0.3) is 0 Å². The van der Waals surface area contributed by atoms with E-state index >= 15 is 0 Å². The minimum atomic E-state index is -0.977. The molecule has 3 nitrogen and oxygen atoms in total. The summed E-state index contributed by atoms with van der Waals surface area (Å²) in [6.07, 6.45) is -0.198. The van der Waals surface area contributed by atoms with Gasteiger partial charge >= 0.3 is 0 Å². The molecule has 100 valence electrons. The predicted molar refractivity (Wildman–Crippen MR) is 67.7 cm³/mol. The summed E-state index contributed by atoms with van der Waals surface area (Å²) >= 11 is 3.23. The lowest BCUT2D eigenvalue weighted by atomic mass is 10.1. The molecule has 0 heterocycles. The number of nitrogens with one attached hydrogen (secondary N) is 1. The highest BCUT2D eigenvalue weighted by atomic mass is 79.9. The van der Waals surface area contributed by atoms with E-state index < -0.39 is 11.6 Å². The molecule has 0 saturated carbocycles. The highest BCUT2D eigenvalue weighted by molar-refractivity contribution is 9.09. The van der Waals surface area contributed by atoms with Crippen molar-refractivity contribution in [3.05, 3.63) is 35.4 Å². The van der Waals surface area contributed by atoms with Gasteiger partial charge in [0.05, 0.1) is 19.1 Å². The summed E-state index contributed by atoms with van der Waals surface area (Å²) in [5.41, 5.74) is 0.0400. The molecule has 0 saturated heterocycles. The summed E-state index contributed by atoms with van der Waals surface area (Å²) in [7, 11) is 1.52. The molecule has 1 N–H and O–H groups in total. The molecule has 1 amide bonds. The number of hydrogen-bond acceptors (Lipinski definition) is 2. The molecular formula is C12H14BrF2NO2. The van der Waals surface area contributed by atoms with E-state index in [-0.39, 0.29) is 23.9 Å². The Hall–Kier alpha value is -1.01. The van der Waals surface area contributed by atoms with E-state index in [4.69, 9.17) is 4.74 Å². The number of methoxy groups -OCH3 is 1. The van der Waals surface area contributed by atoms with Gasteiger partial charge in [-0.25, -0.2) is 8.78 Å². The highest BCUT2D eigenvalue weighted by Crippen LogP contribution is 2.11. The number of alkyl halides is 1. The molecule has 1 aromatic rings. The van der Waals surface area contributed by atoms with Crippen molar-refractivity contribution in [2.75, 3.05) is 19.0 Å². The van der Waals surface area contributed by atoms with Gasteiger partial charge in [0.15, 0.2) is 11.6 Å². The quantitative estimate of drug-likeness (QED) is 0.814. The van der Waals surface area contributed by atoms with Crippen molar-refractivity contribution < 1.29 is 18.3 Å². The maximum atomic E-state index is 13.3. The topological polar surface area (TPSA) is 38.3 Å². The van der Waals surface area contributed by atoms with Crippen molar-refractivity contribution in [1.29, 1.82) is 0 Å². The number of benzene rings is 1. The van der Waals surface area contributed by atoms with Crippen molar-refractivity contribution in [3.63, 3.8) is 0 Å². The summed E-state index contributed by atoms with van der Waals surface area (Å²) in [4.78, 5) is 11.6. The summed E-state index contributed by atoms with van der Waals surface area (Å²) < 4.78 is 31.2.